The number of rotatable bonds is 10. The average Bonchev–Trinajstić information content (AvgIpc) is 2.64. The zero-order chi connectivity index (χ0) is 21.3. The van der Waals surface area contributed by atoms with Crippen LogP contribution in [0.15, 0.2) is 47.0 Å². The van der Waals surface area contributed by atoms with E-state index in [-0.39, 0.29) is 35.1 Å². The van der Waals surface area contributed by atoms with Gasteiger partial charge in [0.2, 0.25) is 11.5 Å². The third-order valence-electron chi connectivity index (χ3n) is 5.62. The molecular formula is C24H38O4. The number of carbonyl (C=O) groups is 1. The van der Waals surface area contributed by atoms with Crippen LogP contribution in [0.25, 0.3) is 0 Å². The molecular weight excluding hydrogens is 352 g/mol. The van der Waals surface area contributed by atoms with Gasteiger partial charge in [0.15, 0.2) is 5.76 Å². The molecule has 158 valence electrons. The highest BCUT2D eigenvalue weighted by molar-refractivity contribution is 5.97. The molecule has 0 bridgehead atoms. The normalized spacial score (nSPS) is 25.4. The van der Waals surface area contributed by atoms with Gasteiger partial charge in [0.05, 0.1) is 14.2 Å². The van der Waals surface area contributed by atoms with E-state index in [1.165, 1.54) is 25.4 Å². The maximum Gasteiger partial charge on any atom is 0.204 e. The SMILES string of the molecule is CC=CCCC(C)=CCCC(C)=CC(C)C1C(C)C(=O)C(OC)=C(OC)C1O. The minimum atomic E-state index is -0.847. The van der Waals surface area contributed by atoms with Gasteiger partial charge < -0.3 is 14.6 Å². The van der Waals surface area contributed by atoms with E-state index in [1.54, 1.807) is 0 Å². The first-order valence-electron chi connectivity index (χ1n) is 10.3. The lowest BCUT2D eigenvalue weighted by atomic mass is 9.72. The second-order valence-corrected chi connectivity index (χ2v) is 7.85. The molecule has 0 amide bonds. The van der Waals surface area contributed by atoms with E-state index in [0.29, 0.717) is 0 Å². The van der Waals surface area contributed by atoms with Gasteiger partial charge in [0.1, 0.15) is 6.10 Å². The van der Waals surface area contributed by atoms with Crippen LogP contribution in [0.4, 0.5) is 0 Å². The molecule has 0 heterocycles. The third kappa shape index (κ3) is 6.37. The van der Waals surface area contributed by atoms with E-state index >= 15 is 0 Å². The number of ether oxygens (including phenoxy) is 2. The van der Waals surface area contributed by atoms with Crippen LogP contribution in [-0.4, -0.2) is 31.2 Å². The molecule has 0 radical (unpaired) electrons. The highest BCUT2D eigenvalue weighted by atomic mass is 16.5. The summed E-state index contributed by atoms with van der Waals surface area (Å²) in [5.74, 6) is -0.214. The summed E-state index contributed by atoms with van der Waals surface area (Å²) in [6, 6.07) is 0. The molecule has 0 fully saturated rings. The van der Waals surface area contributed by atoms with Crippen molar-refractivity contribution in [1.82, 2.24) is 0 Å². The molecule has 4 atom stereocenters. The summed E-state index contributed by atoms with van der Waals surface area (Å²) < 4.78 is 10.5. The van der Waals surface area contributed by atoms with E-state index in [9.17, 15) is 9.90 Å². The fourth-order valence-corrected chi connectivity index (χ4v) is 4.01. The number of hydrogen-bond acceptors (Lipinski definition) is 4. The van der Waals surface area contributed by atoms with Crippen molar-refractivity contribution in [3.05, 3.63) is 47.0 Å². The van der Waals surface area contributed by atoms with Crippen LogP contribution in [0.1, 0.15) is 60.3 Å². The molecule has 4 heteroatoms. The van der Waals surface area contributed by atoms with Gasteiger partial charge in [0.25, 0.3) is 0 Å². The summed E-state index contributed by atoms with van der Waals surface area (Å²) in [5.41, 5.74) is 2.69. The van der Waals surface area contributed by atoms with Crippen molar-refractivity contribution in [2.75, 3.05) is 14.2 Å². The first kappa shape index (κ1) is 24.2. The molecule has 4 nitrogen and oxygen atoms in total. The van der Waals surface area contributed by atoms with E-state index in [2.05, 4.69) is 45.1 Å². The second kappa shape index (κ2) is 11.9. The van der Waals surface area contributed by atoms with Crippen LogP contribution < -0.4 is 0 Å². The Morgan fingerprint density at radius 1 is 1.14 bits per heavy atom. The molecule has 1 aliphatic rings. The summed E-state index contributed by atoms with van der Waals surface area (Å²) in [6.45, 7) is 10.3. The first-order chi connectivity index (χ1) is 13.3. The van der Waals surface area contributed by atoms with Gasteiger partial charge in [-0.15, -0.1) is 0 Å². The van der Waals surface area contributed by atoms with Crippen LogP contribution in [0.5, 0.6) is 0 Å². The Morgan fingerprint density at radius 2 is 1.79 bits per heavy atom. The second-order valence-electron chi connectivity index (χ2n) is 7.85. The van der Waals surface area contributed by atoms with Crippen LogP contribution in [0.2, 0.25) is 0 Å². The van der Waals surface area contributed by atoms with Crippen molar-refractivity contribution in [2.45, 2.75) is 66.4 Å². The lowest BCUT2D eigenvalue weighted by Crippen LogP contribution is -2.43. The van der Waals surface area contributed by atoms with Crippen molar-refractivity contribution < 1.29 is 19.4 Å². The number of aliphatic hydroxyl groups excluding tert-OH is 1. The van der Waals surface area contributed by atoms with E-state index in [0.717, 1.165) is 25.7 Å². The summed E-state index contributed by atoms with van der Waals surface area (Å²) in [4.78, 5) is 12.6. The van der Waals surface area contributed by atoms with Gasteiger partial charge in [-0.3, -0.25) is 4.79 Å². The van der Waals surface area contributed by atoms with Gasteiger partial charge in [-0.05, 0) is 52.4 Å². The Balaban J connectivity index is 2.79. The predicted octanol–water partition coefficient (Wildman–Crippen LogP) is 5.35. The highest BCUT2D eigenvalue weighted by Crippen LogP contribution is 2.38. The molecule has 1 N–H and O–H groups in total. The van der Waals surface area contributed by atoms with Crippen molar-refractivity contribution in [3.8, 4) is 0 Å². The zero-order valence-corrected chi connectivity index (χ0v) is 18.6. The van der Waals surface area contributed by atoms with Crippen LogP contribution in [-0.2, 0) is 14.3 Å². The largest absolute Gasteiger partial charge is 0.494 e. The van der Waals surface area contributed by atoms with Gasteiger partial charge in [0, 0.05) is 11.8 Å². The minimum absolute atomic E-state index is 0.0530. The van der Waals surface area contributed by atoms with E-state index in [1.807, 2.05) is 13.8 Å². The maximum absolute atomic E-state index is 12.6. The van der Waals surface area contributed by atoms with Crippen molar-refractivity contribution >= 4 is 5.78 Å². The fourth-order valence-electron chi connectivity index (χ4n) is 4.01. The van der Waals surface area contributed by atoms with Crippen LogP contribution in [0.3, 0.4) is 0 Å². The van der Waals surface area contributed by atoms with Crippen LogP contribution >= 0.6 is 0 Å². The Kier molecular flexibility index (Phi) is 10.3. The van der Waals surface area contributed by atoms with Crippen molar-refractivity contribution in [2.24, 2.45) is 17.8 Å². The highest BCUT2D eigenvalue weighted by Gasteiger charge is 2.44. The fraction of sp³-hybridized carbons (Fsp3) is 0.625. The standard InChI is InChI=1S/C24H38O4/c1-8-9-10-12-16(2)13-11-14-17(3)15-18(4)20-19(5)21(25)23(27-6)24(28-7)22(20)26/h8-9,13,15,18-20,22,26H,10-12,14H2,1-7H3. The monoisotopic (exact) mass is 390 g/mol. The molecule has 0 saturated carbocycles. The zero-order valence-electron chi connectivity index (χ0n) is 18.6. The molecule has 0 aromatic carbocycles. The molecule has 0 aromatic rings. The lowest BCUT2D eigenvalue weighted by molar-refractivity contribution is -0.129. The smallest absolute Gasteiger partial charge is 0.204 e. The molecule has 0 aliphatic heterocycles. The van der Waals surface area contributed by atoms with Gasteiger partial charge in [-0.1, -0.05) is 49.3 Å². The third-order valence-corrected chi connectivity index (χ3v) is 5.62. The summed E-state index contributed by atoms with van der Waals surface area (Å²) >= 11 is 0. The Hall–Kier alpha value is -1.81. The maximum atomic E-state index is 12.6. The molecule has 0 saturated heterocycles. The summed E-state index contributed by atoms with van der Waals surface area (Å²) in [6.07, 6.45) is 12.1. The van der Waals surface area contributed by atoms with Crippen molar-refractivity contribution in [3.63, 3.8) is 0 Å². The Labute approximate surface area is 171 Å². The number of carbonyl (C=O) groups excluding carboxylic acids is 1. The predicted molar refractivity (Wildman–Crippen MR) is 115 cm³/mol. The quantitative estimate of drug-likeness (QED) is 0.511. The topological polar surface area (TPSA) is 55.8 Å². The van der Waals surface area contributed by atoms with E-state index < -0.39 is 6.10 Å². The Morgan fingerprint density at radius 3 is 2.36 bits per heavy atom. The van der Waals surface area contributed by atoms with Gasteiger partial charge in [-0.2, -0.15) is 0 Å². The number of Topliss-reactive ketones (excluding diaryl/α,β-unsaturated/α-hetero) is 1. The molecule has 4 unspecified atom stereocenters. The summed E-state index contributed by atoms with van der Waals surface area (Å²) in [7, 11) is 2.90. The number of ketones is 1. The average molecular weight is 391 g/mol. The summed E-state index contributed by atoms with van der Waals surface area (Å²) in [5, 5.41) is 10.8. The molecule has 0 aromatic heterocycles. The van der Waals surface area contributed by atoms with Gasteiger partial charge in [-0.25, -0.2) is 0 Å². The molecule has 28 heavy (non-hydrogen) atoms. The number of allylic oxidation sites excluding steroid dienone is 7. The van der Waals surface area contributed by atoms with Crippen LogP contribution in [0, 0.1) is 17.8 Å². The van der Waals surface area contributed by atoms with E-state index in [4.69, 9.17) is 9.47 Å². The number of aliphatic hydroxyl groups is 1. The van der Waals surface area contributed by atoms with Gasteiger partial charge >= 0.3 is 0 Å². The molecule has 1 rings (SSSR count). The minimum Gasteiger partial charge on any atom is -0.494 e. The Bertz CT molecular complexity index is 639. The molecule has 0 spiro atoms. The number of hydrogen-bond donors (Lipinski definition) is 1. The van der Waals surface area contributed by atoms with Crippen molar-refractivity contribution in [1.29, 1.82) is 0 Å². The lowest BCUT2D eigenvalue weighted by Gasteiger charge is -2.36. The molecule has 1 aliphatic carbocycles. The first-order valence-corrected chi connectivity index (χ1v) is 10.3. The number of methoxy groups -OCH3 is 2.